The molecule has 0 aliphatic heterocycles. The van der Waals surface area contributed by atoms with Crippen LogP contribution in [0.25, 0.3) is 22.2 Å². The van der Waals surface area contributed by atoms with Crippen molar-refractivity contribution >= 4 is 11.0 Å². The number of benzene rings is 1. The Kier molecular flexibility index (Phi) is 2.22. The Morgan fingerprint density at radius 2 is 1.82 bits per heavy atom. The topological polar surface area (TPSA) is 28.7 Å². The van der Waals surface area contributed by atoms with Gasteiger partial charge in [0.25, 0.3) is 0 Å². The van der Waals surface area contributed by atoms with Gasteiger partial charge in [-0.25, -0.2) is 4.98 Å². The van der Waals surface area contributed by atoms with E-state index in [1.807, 2.05) is 18.5 Å². The second-order valence-corrected chi connectivity index (χ2v) is 4.48. The molecule has 0 saturated carbocycles. The van der Waals surface area contributed by atoms with Crippen LogP contribution in [0, 0.1) is 13.8 Å². The summed E-state index contributed by atoms with van der Waals surface area (Å²) in [5.74, 6) is 0. The number of hydrogen-bond donors (Lipinski definition) is 1. The predicted molar refractivity (Wildman–Crippen MR) is 71.0 cm³/mol. The van der Waals surface area contributed by atoms with Crippen molar-refractivity contribution in [1.29, 1.82) is 0 Å². The maximum Gasteiger partial charge on any atom is 0.137 e. The molecule has 0 radical (unpaired) electrons. The van der Waals surface area contributed by atoms with Crippen LogP contribution in [0.4, 0.5) is 0 Å². The Balaban J connectivity index is 2.27. The fraction of sp³-hybridized carbons (Fsp3) is 0.133. The minimum absolute atomic E-state index is 0.946. The molecule has 0 spiro atoms. The molecule has 3 rings (SSSR count). The second-order valence-electron chi connectivity index (χ2n) is 4.48. The van der Waals surface area contributed by atoms with E-state index >= 15 is 0 Å². The summed E-state index contributed by atoms with van der Waals surface area (Å²) in [6.45, 7) is 4.26. The van der Waals surface area contributed by atoms with Crippen LogP contribution in [0.15, 0.2) is 42.7 Å². The lowest BCUT2D eigenvalue weighted by molar-refractivity contribution is 1.33. The van der Waals surface area contributed by atoms with Gasteiger partial charge in [-0.05, 0) is 31.5 Å². The first-order valence-electron chi connectivity index (χ1n) is 5.75. The molecule has 0 fully saturated rings. The molecule has 3 aromatic rings. The minimum Gasteiger partial charge on any atom is -0.346 e. The van der Waals surface area contributed by atoms with E-state index in [9.17, 15) is 0 Å². The molecule has 0 aliphatic rings. The number of aryl methyl sites for hydroxylation is 2. The first-order valence-corrected chi connectivity index (χ1v) is 5.75. The summed E-state index contributed by atoms with van der Waals surface area (Å²) in [4.78, 5) is 7.53. The highest BCUT2D eigenvalue weighted by Gasteiger charge is 2.06. The number of nitrogens with zero attached hydrogens (tertiary/aromatic N) is 1. The standard InChI is InChI=1S/C15H14N2/c1-10-6-11(2)8-12(7-10)14-9-17-15-13(14)4-3-5-16-15/h3-9H,1-2H3,(H,16,17). The molecule has 0 aliphatic carbocycles. The Hall–Kier alpha value is -2.09. The van der Waals surface area contributed by atoms with Gasteiger partial charge in [-0.15, -0.1) is 0 Å². The lowest BCUT2D eigenvalue weighted by atomic mass is 10.0. The highest BCUT2D eigenvalue weighted by atomic mass is 14.8. The fourth-order valence-electron chi connectivity index (χ4n) is 2.32. The van der Waals surface area contributed by atoms with Crippen LogP contribution in [0.5, 0.6) is 0 Å². The molecular formula is C15H14N2. The van der Waals surface area contributed by atoms with Crippen molar-refractivity contribution in [3.8, 4) is 11.1 Å². The van der Waals surface area contributed by atoms with Crippen molar-refractivity contribution < 1.29 is 0 Å². The third kappa shape index (κ3) is 1.72. The SMILES string of the molecule is Cc1cc(C)cc(-c2c[nH]c3ncccc23)c1. The molecule has 0 amide bonds. The van der Waals surface area contributed by atoms with Gasteiger partial charge in [-0.2, -0.15) is 0 Å². The van der Waals surface area contributed by atoms with Gasteiger partial charge in [0.05, 0.1) is 0 Å². The average Bonchev–Trinajstić information content (AvgIpc) is 2.71. The molecule has 2 heteroatoms. The quantitative estimate of drug-likeness (QED) is 0.665. The van der Waals surface area contributed by atoms with E-state index in [2.05, 4.69) is 48.1 Å². The van der Waals surface area contributed by atoms with Crippen LogP contribution < -0.4 is 0 Å². The fourth-order valence-corrected chi connectivity index (χ4v) is 2.32. The Morgan fingerprint density at radius 3 is 2.59 bits per heavy atom. The number of nitrogens with one attached hydrogen (secondary N) is 1. The van der Waals surface area contributed by atoms with Crippen LogP contribution >= 0.6 is 0 Å². The van der Waals surface area contributed by atoms with Crippen molar-refractivity contribution in [2.45, 2.75) is 13.8 Å². The smallest absolute Gasteiger partial charge is 0.137 e. The summed E-state index contributed by atoms with van der Waals surface area (Å²) in [5, 5.41) is 1.18. The molecule has 84 valence electrons. The molecule has 0 unspecified atom stereocenters. The lowest BCUT2D eigenvalue weighted by Crippen LogP contribution is -1.81. The molecule has 0 bridgehead atoms. The minimum atomic E-state index is 0.946. The molecule has 0 saturated heterocycles. The van der Waals surface area contributed by atoms with Crippen LogP contribution in [-0.2, 0) is 0 Å². The van der Waals surface area contributed by atoms with Crippen LogP contribution in [-0.4, -0.2) is 9.97 Å². The normalized spacial score (nSPS) is 10.9. The van der Waals surface area contributed by atoms with Gasteiger partial charge >= 0.3 is 0 Å². The maximum absolute atomic E-state index is 4.32. The molecular weight excluding hydrogens is 208 g/mol. The van der Waals surface area contributed by atoms with Crippen molar-refractivity contribution in [3.63, 3.8) is 0 Å². The van der Waals surface area contributed by atoms with Gasteiger partial charge in [0.1, 0.15) is 5.65 Å². The Labute approximate surface area is 100 Å². The summed E-state index contributed by atoms with van der Waals surface area (Å²) in [6.07, 6.45) is 3.84. The highest BCUT2D eigenvalue weighted by molar-refractivity contribution is 5.93. The lowest BCUT2D eigenvalue weighted by Gasteiger charge is -2.03. The molecule has 2 aromatic heterocycles. The van der Waals surface area contributed by atoms with E-state index in [0.717, 1.165) is 5.65 Å². The van der Waals surface area contributed by atoms with Gasteiger partial charge in [-0.1, -0.05) is 29.3 Å². The van der Waals surface area contributed by atoms with Crippen molar-refractivity contribution in [1.82, 2.24) is 9.97 Å². The van der Waals surface area contributed by atoms with Gasteiger partial charge in [-0.3, -0.25) is 0 Å². The molecule has 1 N–H and O–H groups in total. The molecule has 17 heavy (non-hydrogen) atoms. The summed E-state index contributed by atoms with van der Waals surface area (Å²) < 4.78 is 0. The Bertz CT molecular complexity index is 660. The highest BCUT2D eigenvalue weighted by Crippen LogP contribution is 2.28. The number of aromatic amines is 1. The van der Waals surface area contributed by atoms with E-state index in [4.69, 9.17) is 0 Å². The molecule has 2 heterocycles. The summed E-state index contributed by atoms with van der Waals surface area (Å²) in [7, 11) is 0. The predicted octanol–water partition coefficient (Wildman–Crippen LogP) is 3.85. The van der Waals surface area contributed by atoms with E-state index in [-0.39, 0.29) is 0 Å². The zero-order chi connectivity index (χ0) is 11.8. The van der Waals surface area contributed by atoms with Gasteiger partial charge in [0.2, 0.25) is 0 Å². The van der Waals surface area contributed by atoms with Crippen molar-refractivity contribution in [2.24, 2.45) is 0 Å². The number of pyridine rings is 1. The number of H-pyrrole nitrogens is 1. The number of rotatable bonds is 1. The van der Waals surface area contributed by atoms with Crippen molar-refractivity contribution in [3.05, 3.63) is 53.9 Å². The maximum atomic E-state index is 4.32. The van der Waals surface area contributed by atoms with Crippen LogP contribution in [0.1, 0.15) is 11.1 Å². The van der Waals surface area contributed by atoms with Gasteiger partial charge < -0.3 is 4.98 Å². The zero-order valence-electron chi connectivity index (χ0n) is 9.99. The van der Waals surface area contributed by atoms with Gasteiger partial charge in [0.15, 0.2) is 0 Å². The number of hydrogen-bond acceptors (Lipinski definition) is 1. The van der Waals surface area contributed by atoms with E-state index in [0.29, 0.717) is 0 Å². The van der Waals surface area contributed by atoms with E-state index in [1.54, 1.807) is 0 Å². The monoisotopic (exact) mass is 222 g/mol. The van der Waals surface area contributed by atoms with E-state index in [1.165, 1.54) is 27.6 Å². The van der Waals surface area contributed by atoms with Crippen LogP contribution in [0.2, 0.25) is 0 Å². The summed E-state index contributed by atoms with van der Waals surface area (Å²) >= 11 is 0. The van der Waals surface area contributed by atoms with Crippen LogP contribution in [0.3, 0.4) is 0 Å². The summed E-state index contributed by atoms with van der Waals surface area (Å²) in [6, 6.07) is 10.7. The van der Waals surface area contributed by atoms with E-state index < -0.39 is 0 Å². The first-order chi connectivity index (χ1) is 8.24. The number of aromatic nitrogens is 2. The average molecular weight is 222 g/mol. The molecule has 1 aromatic carbocycles. The second kappa shape index (κ2) is 3.74. The molecule has 0 atom stereocenters. The summed E-state index contributed by atoms with van der Waals surface area (Å²) in [5.41, 5.74) is 6.00. The zero-order valence-corrected chi connectivity index (χ0v) is 9.99. The van der Waals surface area contributed by atoms with Gasteiger partial charge in [0, 0.05) is 23.3 Å². The third-order valence-corrected chi connectivity index (χ3v) is 2.98. The third-order valence-electron chi connectivity index (χ3n) is 2.98. The largest absolute Gasteiger partial charge is 0.346 e. The number of fused-ring (bicyclic) bond motifs is 1. The Morgan fingerprint density at radius 1 is 1.06 bits per heavy atom. The first kappa shape index (κ1) is 10.1. The molecule has 2 nitrogen and oxygen atoms in total. The van der Waals surface area contributed by atoms with Crippen molar-refractivity contribution in [2.75, 3.05) is 0 Å².